The van der Waals surface area contributed by atoms with Crippen LogP contribution in [0.4, 0.5) is 0 Å². The van der Waals surface area contributed by atoms with Crippen LogP contribution in [0, 0.1) is 0 Å². The lowest BCUT2D eigenvalue weighted by molar-refractivity contribution is -0.0514. The molecule has 10 heteroatoms. The molecule has 0 aromatic carbocycles. The monoisotopic (exact) mass is 368 g/mol. The summed E-state index contributed by atoms with van der Waals surface area (Å²) in [5.41, 5.74) is 0.821. The SMILES string of the molecule is CN(C)C[C@@H]1OCCN(S(=O)(=O)c2cnn(C)c2)[C@H]1c1cnn(C)c1. The maximum atomic E-state index is 13.2. The van der Waals surface area contributed by atoms with E-state index < -0.39 is 16.1 Å². The second-order valence-corrected chi connectivity index (χ2v) is 8.42. The van der Waals surface area contributed by atoms with E-state index in [2.05, 4.69) is 10.2 Å². The van der Waals surface area contributed by atoms with Crippen molar-refractivity contribution in [2.24, 2.45) is 14.1 Å². The molecular weight excluding hydrogens is 344 g/mol. The summed E-state index contributed by atoms with van der Waals surface area (Å²) in [6.07, 6.45) is 6.17. The van der Waals surface area contributed by atoms with Crippen molar-refractivity contribution in [3.8, 4) is 0 Å². The van der Waals surface area contributed by atoms with Crippen LogP contribution < -0.4 is 0 Å². The molecule has 25 heavy (non-hydrogen) atoms. The summed E-state index contributed by atoms with van der Waals surface area (Å²) in [5.74, 6) is 0. The molecule has 138 valence electrons. The highest BCUT2D eigenvalue weighted by Crippen LogP contribution is 2.34. The number of nitrogens with zero attached hydrogens (tertiary/aromatic N) is 6. The van der Waals surface area contributed by atoms with Crippen LogP contribution in [0.1, 0.15) is 11.6 Å². The average molecular weight is 368 g/mol. The summed E-state index contributed by atoms with van der Waals surface area (Å²) >= 11 is 0. The number of hydrogen-bond acceptors (Lipinski definition) is 6. The molecule has 0 amide bonds. The molecule has 1 saturated heterocycles. The van der Waals surface area contributed by atoms with Gasteiger partial charge in [0.15, 0.2) is 0 Å². The minimum atomic E-state index is -3.68. The molecule has 1 aliphatic heterocycles. The second kappa shape index (κ2) is 6.87. The lowest BCUT2D eigenvalue weighted by atomic mass is 10.0. The van der Waals surface area contributed by atoms with E-state index in [1.807, 2.05) is 32.2 Å². The quantitative estimate of drug-likeness (QED) is 0.729. The average Bonchev–Trinajstić information content (AvgIpc) is 3.15. The lowest BCUT2D eigenvalue weighted by Gasteiger charge is -2.40. The molecule has 0 unspecified atom stereocenters. The lowest BCUT2D eigenvalue weighted by Crippen LogP contribution is -2.50. The molecule has 3 heterocycles. The van der Waals surface area contributed by atoms with E-state index in [4.69, 9.17) is 4.74 Å². The largest absolute Gasteiger partial charge is 0.373 e. The van der Waals surface area contributed by atoms with Crippen molar-refractivity contribution in [1.29, 1.82) is 0 Å². The predicted molar refractivity (Wildman–Crippen MR) is 91.3 cm³/mol. The molecule has 2 aromatic rings. The van der Waals surface area contributed by atoms with Gasteiger partial charge in [-0.05, 0) is 14.1 Å². The standard InChI is InChI=1S/C15H24N6O3S/c1-18(2)11-14-15(12-7-16-19(3)9-12)21(5-6-24-14)25(22,23)13-8-17-20(4)10-13/h7-10,14-15H,5-6,11H2,1-4H3/t14-,15-/m0/s1. The summed E-state index contributed by atoms with van der Waals surface area (Å²) in [4.78, 5) is 2.18. The molecule has 0 aliphatic carbocycles. The third-order valence-electron chi connectivity index (χ3n) is 4.21. The van der Waals surface area contributed by atoms with Gasteiger partial charge in [-0.2, -0.15) is 14.5 Å². The number of ether oxygens (including phenoxy) is 1. The Morgan fingerprint density at radius 2 is 1.88 bits per heavy atom. The fourth-order valence-corrected chi connectivity index (χ4v) is 4.74. The molecule has 3 rings (SSSR count). The highest BCUT2D eigenvalue weighted by molar-refractivity contribution is 7.89. The second-order valence-electron chi connectivity index (χ2n) is 6.53. The van der Waals surface area contributed by atoms with Crippen molar-refractivity contribution >= 4 is 10.0 Å². The molecule has 0 N–H and O–H groups in total. The summed E-state index contributed by atoms with van der Waals surface area (Å²) < 4.78 is 37.0. The van der Waals surface area contributed by atoms with Crippen LogP contribution in [0.5, 0.6) is 0 Å². The van der Waals surface area contributed by atoms with Crippen molar-refractivity contribution in [3.63, 3.8) is 0 Å². The number of morpholine rings is 1. The molecule has 0 radical (unpaired) electrons. The number of aryl methyl sites for hydroxylation is 2. The van der Waals surface area contributed by atoms with Gasteiger partial charge >= 0.3 is 0 Å². The van der Waals surface area contributed by atoms with Gasteiger partial charge in [-0.3, -0.25) is 9.36 Å². The Balaban J connectivity index is 2.02. The zero-order valence-electron chi connectivity index (χ0n) is 14.9. The van der Waals surface area contributed by atoms with Gasteiger partial charge in [-0.25, -0.2) is 8.42 Å². The molecular formula is C15H24N6O3S. The van der Waals surface area contributed by atoms with Gasteiger partial charge in [0.25, 0.3) is 0 Å². The molecule has 1 fully saturated rings. The maximum absolute atomic E-state index is 13.2. The van der Waals surface area contributed by atoms with Gasteiger partial charge in [0.2, 0.25) is 10.0 Å². The third-order valence-corrected chi connectivity index (χ3v) is 6.04. The first kappa shape index (κ1) is 18.1. The summed E-state index contributed by atoms with van der Waals surface area (Å²) in [5, 5.41) is 8.21. The van der Waals surface area contributed by atoms with E-state index in [0.29, 0.717) is 19.7 Å². The normalized spacial score (nSPS) is 22.6. The Morgan fingerprint density at radius 1 is 1.20 bits per heavy atom. The summed E-state index contributed by atoms with van der Waals surface area (Å²) in [6.45, 7) is 1.26. The summed E-state index contributed by atoms with van der Waals surface area (Å²) in [7, 11) is 3.72. The molecule has 0 spiro atoms. The van der Waals surface area contributed by atoms with E-state index in [-0.39, 0.29) is 11.0 Å². The predicted octanol–water partition coefficient (Wildman–Crippen LogP) is -0.154. The van der Waals surface area contributed by atoms with Crippen molar-refractivity contribution in [2.75, 3.05) is 33.8 Å². The Kier molecular flexibility index (Phi) is 4.96. The zero-order valence-corrected chi connectivity index (χ0v) is 15.7. The summed E-state index contributed by atoms with van der Waals surface area (Å²) in [6, 6.07) is -0.435. The Labute approximate surface area is 147 Å². The van der Waals surface area contributed by atoms with E-state index in [0.717, 1.165) is 5.56 Å². The van der Waals surface area contributed by atoms with Gasteiger partial charge in [-0.1, -0.05) is 0 Å². The molecule has 0 bridgehead atoms. The molecule has 2 aromatic heterocycles. The topological polar surface area (TPSA) is 85.5 Å². The zero-order chi connectivity index (χ0) is 18.2. The molecule has 0 saturated carbocycles. The van der Waals surface area contributed by atoms with Crippen LogP contribution in [-0.4, -0.2) is 77.1 Å². The number of hydrogen-bond donors (Lipinski definition) is 0. The van der Waals surface area contributed by atoms with E-state index in [9.17, 15) is 8.42 Å². The van der Waals surface area contributed by atoms with Crippen LogP contribution in [0.15, 0.2) is 29.7 Å². The molecule has 1 aliphatic rings. The number of rotatable bonds is 5. The van der Waals surface area contributed by atoms with Crippen LogP contribution in [-0.2, 0) is 28.9 Å². The van der Waals surface area contributed by atoms with Gasteiger partial charge in [0, 0.05) is 45.1 Å². The van der Waals surface area contributed by atoms with Gasteiger partial charge in [-0.15, -0.1) is 0 Å². The van der Waals surface area contributed by atoms with Crippen molar-refractivity contribution in [3.05, 3.63) is 30.4 Å². The Bertz CT molecular complexity index is 828. The van der Waals surface area contributed by atoms with E-state index >= 15 is 0 Å². The van der Waals surface area contributed by atoms with Crippen molar-refractivity contribution < 1.29 is 13.2 Å². The first-order chi connectivity index (χ1) is 11.8. The fraction of sp³-hybridized carbons (Fsp3) is 0.600. The first-order valence-electron chi connectivity index (χ1n) is 8.04. The van der Waals surface area contributed by atoms with Crippen LogP contribution in [0.25, 0.3) is 0 Å². The maximum Gasteiger partial charge on any atom is 0.246 e. The smallest absolute Gasteiger partial charge is 0.246 e. The Hall–Kier alpha value is -1.75. The van der Waals surface area contributed by atoms with E-state index in [1.165, 1.54) is 21.4 Å². The van der Waals surface area contributed by atoms with Gasteiger partial charge in [0.05, 0.1) is 31.1 Å². The number of sulfonamides is 1. The first-order valence-corrected chi connectivity index (χ1v) is 9.48. The minimum absolute atomic E-state index is 0.189. The third kappa shape index (κ3) is 3.61. The molecule has 9 nitrogen and oxygen atoms in total. The fourth-order valence-electron chi connectivity index (χ4n) is 3.13. The number of likely N-dealkylation sites (N-methyl/N-ethyl adjacent to an activating group) is 1. The minimum Gasteiger partial charge on any atom is -0.373 e. The highest BCUT2D eigenvalue weighted by Gasteiger charge is 2.42. The van der Waals surface area contributed by atoms with E-state index in [1.54, 1.807) is 17.9 Å². The van der Waals surface area contributed by atoms with Crippen LogP contribution in [0.2, 0.25) is 0 Å². The highest BCUT2D eigenvalue weighted by atomic mass is 32.2. The number of aromatic nitrogens is 4. The molecule has 2 atom stereocenters. The Morgan fingerprint density at radius 3 is 2.44 bits per heavy atom. The van der Waals surface area contributed by atoms with Gasteiger partial charge in [0.1, 0.15) is 4.90 Å². The van der Waals surface area contributed by atoms with Crippen molar-refractivity contribution in [1.82, 2.24) is 28.8 Å². The van der Waals surface area contributed by atoms with Crippen molar-refractivity contribution in [2.45, 2.75) is 17.0 Å². The van der Waals surface area contributed by atoms with Crippen LogP contribution >= 0.6 is 0 Å². The van der Waals surface area contributed by atoms with Gasteiger partial charge < -0.3 is 9.64 Å². The van der Waals surface area contributed by atoms with Crippen LogP contribution in [0.3, 0.4) is 0 Å².